The van der Waals surface area contributed by atoms with Crippen molar-refractivity contribution in [3.63, 3.8) is 0 Å². The van der Waals surface area contributed by atoms with Crippen LogP contribution in [-0.4, -0.2) is 10.2 Å². The predicted octanol–water partition coefficient (Wildman–Crippen LogP) is 2.57. The first kappa shape index (κ1) is 10.9. The number of nitrogen functional groups attached to an aromatic ring is 1. The topological polar surface area (TPSA) is 61.0 Å². The number of nitrogens with zero attached hydrogens (tertiary/aromatic N) is 2. The van der Waals surface area contributed by atoms with Crippen LogP contribution in [-0.2, 0) is 0 Å². The van der Waals surface area contributed by atoms with Crippen LogP contribution in [0.3, 0.4) is 0 Å². The Morgan fingerprint density at radius 2 is 1.94 bits per heavy atom. The van der Waals surface area contributed by atoms with Gasteiger partial charge in [0.1, 0.15) is 11.9 Å². The van der Waals surface area contributed by atoms with E-state index in [1.165, 1.54) is 16.9 Å². The molecule has 0 amide bonds. The van der Waals surface area contributed by atoms with Gasteiger partial charge < -0.3 is 10.5 Å². The molecule has 16 heavy (non-hydrogen) atoms. The molecule has 0 aliphatic heterocycles. The second-order valence-corrected chi connectivity index (χ2v) is 4.59. The Balaban J connectivity index is 2.07. The zero-order chi connectivity index (χ0) is 11.5. The summed E-state index contributed by atoms with van der Waals surface area (Å²) < 4.78 is 5.72. The molecule has 0 aliphatic rings. The molecule has 0 saturated heterocycles. The summed E-state index contributed by atoms with van der Waals surface area (Å²) >= 11 is 1.35. The van der Waals surface area contributed by atoms with E-state index in [1.54, 1.807) is 0 Å². The van der Waals surface area contributed by atoms with E-state index in [4.69, 9.17) is 10.5 Å². The van der Waals surface area contributed by atoms with Crippen molar-refractivity contribution in [1.29, 1.82) is 0 Å². The van der Waals surface area contributed by atoms with Gasteiger partial charge in [-0.3, -0.25) is 0 Å². The van der Waals surface area contributed by atoms with Crippen LogP contribution in [0, 0.1) is 6.92 Å². The van der Waals surface area contributed by atoms with Gasteiger partial charge in [0, 0.05) is 0 Å². The molecule has 2 N–H and O–H groups in total. The molecule has 4 nitrogen and oxygen atoms in total. The van der Waals surface area contributed by atoms with Crippen molar-refractivity contribution < 1.29 is 4.74 Å². The second kappa shape index (κ2) is 4.49. The molecule has 1 aromatic heterocycles. The van der Waals surface area contributed by atoms with Crippen LogP contribution in [0.15, 0.2) is 24.3 Å². The first-order valence-corrected chi connectivity index (χ1v) is 5.79. The van der Waals surface area contributed by atoms with Crippen LogP contribution in [0.5, 0.6) is 5.75 Å². The normalized spacial score (nSPS) is 12.4. The van der Waals surface area contributed by atoms with Gasteiger partial charge in [-0.2, -0.15) is 0 Å². The van der Waals surface area contributed by atoms with Gasteiger partial charge in [-0.25, -0.2) is 0 Å². The van der Waals surface area contributed by atoms with Gasteiger partial charge in [-0.15, -0.1) is 10.2 Å². The number of anilines is 1. The molecule has 0 radical (unpaired) electrons. The lowest BCUT2D eigenvalue weighted by Crippen LogP contribution is -2.02. The number of hydrogen-bond donors (Lipinski definition) is 1. The number of hydrogen-bond acceptors (Lipinski definition) is 5. The zero-order valence-electron chi connectivity index (χ0n) is 9.18. The standard InChI is InChI=1S/C11H13N3OS/c1-7-3-5-9(6-4-7)15-8(2)10-13-14-11(12)16-10/h3-6,8H,1-2H3,(H2,12,14). The van der Waals surface area contributed by atoms with E-state index in [2.05, 4.69) is 10.2 Å². The summed E-state index contributed by atoms with van der Waals surface area (Å²) in [5.41, 5.74) is 6.73. The summed E-state index contributed by atoms with van der Waals surface area (Å²) in [6.07, 6.45) is -0.127. The fraction of sp³-hybridized carbons (Fsp3) is 0.273. The van der Waals surface area contributed by atoms with Crippen molar-refractivity contribution in [3.8, 4) is 5.75 Å². The second-order valence-electron chi connectivity index (χ2n) is 3.55. The van der Waals surface area contributed by atoms with Crippen molar-refractivity contribution in [3.05, 3.63) is 34.8 Å². The van der Waals surface area contributed by atoms with Crippen molar-refractivity contribution in [2.45, 2.75) is 20.0 Å². The average Bonchev–Trinajstić information content (AvgIpc) is 2.68. The molecule has 1 atom stereocenters. The van der Waals surface area contributed by atoms with Gasteiger partial charge in [0.2, 0.25) is 5.13 Å². The van der Waals surface area contributed by atoms with E-state index in [1.807, 2.05) is 38.1 Å². The highest BCUT2D eigenvalue weighted by Crippen LogP contribution is 2.24. The minimum absolute atomic E-state index is 0.127. The Morgan fingerprint density at radius 1 is 1.25 bits per heavy atom. The van der Waals surface area contributed by atoms with Gasteiger partial charge in [0.25, 0.3) is 0 Å². The largest absolute Gasteiger partial charge is 0.483 e. The highest BCUT2D eigenvalue weighted by Gasteiger charge is 2.12. The van der Waals surface area contributed by atoms with E-state index in [9.17, 15) is 0 Å². The van der Waals surface area contributed by atoms with Crippen LogP contribution >= 0.6 is 11.3 Å². The number of nitrogens with two attached hydrogens (primary N) is 1. The number of ether oxygens (including phenoxy) is 1. The van der Waals surface area contributed by atoms with Crippen LogP contribution in [0.2, 0.25) is 0 Å². The molecular weight excluding hydrogens is 222 g/mol. The fourth-order valence-electron chi connectivity index (χ4n) is 1.28. The summed E-state index contributed by atoms with van der Waals surface area (Å²) in [6, 6.07) is 7.90. The molecule has 84 valence electrons. The van der Waals surface area contributed by atoms with Crippen molar-refractivity contribution in [2.24, 2.45) is 0 Å². The highest BCUT2D eigenvalue weighted by atomic mass is 32.1. The van der Waals surface area contributed by atoms with Gasteiger partial charge >= 0.3 is 0 Å². The van der Waals surface area contributed by atoms with Crippen LogP contribution in [0.25, 0.3) is 0 Å². The summed E-state index contributed by atoms with van der Waals surface area (Å²) in [5.74, 6) is 0.826. The third kappa shape index (κ3) is 2.49. The van der Waals surface area contributed by atoms with Crippen LogP contribution < -0.4 is 10.5 Å². The molecular formula is C11H13N3OS. The van der Waals surface area contributed by atoms with E-state index < -0.39 is 0 Å². The van der Waals surface area contributed by atoms with E-state index in [0.29, 0.717) is 5.13 Å². The average molecular weight is 235 g/mol. The summed E-state index contributed by atoms with van der Waals surface area (Å²) in [6.45, 7) is 3.97. The minimum Gasteiger partial charge on any atom is -0.483 e. The first-order chi connectivity index (χ1) is 7.65. The molecule has 2 rings (SSSR count). The number of aryl methyl sites for hydroxylation is 1. The molecule has 1 aromatic carbocycles. The van der Waals surface area contributed by atoms with Gasteiger partial charge in [-0.1, -0.05) is 29.0 Å². The summed E-state index contributed by atoms with van der Waals surface area (Å²) in [7, 11) is 0. The molecule has 0 fully saturated rings. The summed E-state index contributed by atoms with van der Waals surface area (Å²) in [5, 5.41) is 8.96. The zero-order valence-corrected chi connectivity index (χ0v) is 9.99. The predicted molar refractivity (Wildman–Crippen MR) is 64.5 cm³/mol. The Kier molecular flexibility index (Phi) is 3.05. The maximum Gasteiger partial charge on any atom is 0.203 e. The molecule has 0 aliphatic carbocycles. The molecule has 0 spiro atoms. The van der Waals surface area contributed by atoms with E-state index in [0.717, 1.165) is 10.8 Å². The smallest absolute Gasteiger partial charge is 0.203 e. The van der Waals surface area contributed by atoms with E-state index in [-0.39, 0.29) is 6.10 Å². The van der Waals surface area contributed by atoms with Crippen molar-refractivity contribution in [2.75, 3.05) is 5.73 Å². The van der Waals surface area contributed by atoms with Crippen LogP contribution in [0.1, 0.15) is 23.6 Å². The Morgan fingerprint density at radius 3 is 2.50 bits per heavy atom. The number of rotatable bonds is 3. The molecule has 0 bridgehead atoms. The van der Waals surface area contributed by atoms with Gasteiger partial charge in [0.05, 0.1) is 0 Å². The fourth-order valence-corrected chi connectivity index (χ4v) is 1.87. The van der Waals surface area contributed by atoms with Gasteiger partial charge in [0.15, 0.2) is 5.01 Å². The number of aromatic nitrogens is 2. The van der Waals surface area contributed by atoms with E-state index >= 15 is 0 Å². The Bertz CT molecular complexity index is 466. The maximum atomic E-state index is 5.72. The number of benzene rings is 1. The molecule has 2 aromatic rings. The quantitative estimate of drug-likeness (QED) is 0.888. The molecule has 5 heteroatoms. The Labute approximate surface area is 98.1 Å². The Hall–Kier alpha value is -1.62. The SMILES string of the molecule is Cc1ccc(OC(C)c2nnc(N)s2)cc1. The third-order valence-corrected chi connectivity index (χ3v) is 3.05. The molecule has 1 unspecified atom stereocenters. The maximum absolute atomic E-state index is 5.72. The van der Waals surface area contributed by atoms with Crippen molar-refractivity contribution in [1.82, 2.24) is 10.2 Å². The lowest BCUT2D eigenvalue weighted by molar-refractivity contribution is 0.225. The first-order valence-electron chi connectivity index (χ1n) is 4.97. The van der Waals surface area contributed by atoms with Gasteiger partial charge in [-0.05, 0) is 26.0 Å². The van der Waals surface area contributed by atoms with Crippen LogP contribution in [0.4, 0.5) is 5.13 Å². The lowest BCUT2D eigenvalue weighted by Gasteiger charge is -2.11. The summed E-state index contributed by atoms with van der Waals surface area (Å²) in [4.78, 5) is 0. The highest BCUT2D eigenvalue weighted by molar-refractivity contribution is 7.15. The van der Waals surface area contributed by atoms with Crippen molar-refractivity contribution >= 4 is 16.5 Å². The molecule has 0 saturated carbocycles. The monoisotopic (exact) mass is 235 g/mol. The minimum atomic E-state index is -0.127. The lowest BCUT2D eigenvalue weighted by atomic mass is 10.2. The molecule has 1 heterocycles. The third-order valence-electron chi connectivity index (χ3n) is 2.14.